The molecule has 0 aromatic carbocycles. The van der Waals surface area contributed by atoms with E-state index in [1.54, 1.807) is 6.20 Å². The Morgan fingerprint density at radius 1 is 1.24 bits per heavy atom. The molecule has 0 atom stereocenters. The Bertz CT molecular complexity index is 317. The first-order valence-corrected chi connectivity index (χ1v) is 6.43. The van der Waals surface area contributed by atoms with E-state index in [2.05, 4.69) is 37.6 Å². The van der Waals surface area contributed by atoms with Gasteiger partial charge in [0.25, 0.3) is 0 Å². The maximum Gasteiger partial charge on any atom is 0.0501 e. The van der Waals surface area contributed by atoms with Gasteiger partial charge in [0.05, 0.1) is 11.9 Å². The van der Waals surface area contributed by atoms with E-state index >= 15 is 0 Å². The Labute approximate surface area is 105 Å². The van der Waals surface area contributed by atoms with Crippen molar-refractivity contribution in [1.82, 2.24) is 9.88 Å². The predicted molar refractivity (Wildman–Crippen MR) is 73.9 cm³/mol. The van der Waals surface area contributed by atoms with Crippen molar-refractivity contribution in [3.05, 3.63) is 24.0 Å². The summed E-state index contributed by atoms with van der Waals surface area (Å²) < 4.78 is 0. The summed E-state index contributed by atoms with van der Waals surface area (Å²) in [5, 5.41) is 0. The summed E-state index contributed by atoms with van der Waals surface area (Å²) >= 11 is 0. The molecular formula is C14H25N3. The van der Waals surface area contributed by atoms with Gasteiger partial charge in [0.1, 0.15) is 0 Å². The van der Waals surface area contributed by atoms with Gasteiger partial charge in [0.15, 0.2) is 0 Å². The Kier molecular flexibility index (Phi) is 5.42. The maximum absolute atomic E-state index is 5.62. The summed E-state index contributed by atoms with van der Waals surface area (Å²) in [6, 6.07) is 4.53. The Morgan fingerprint density at radius 3 is 2.41 bits per heavy atom. The average molecular weight is 235 g/mol. The molecule has 0 bridgehead atoms. The van der Waals surface area contributed by atoms with Crippen LogP contribution >= 0.6 is 0 Å². The molecule has 0 saturated carbocycles. The fourth-order valence-electron chi connectivity index (χ4n) is 1.87. The van der Waals surface area contributed by atoms with E-state index in [4.69, 9.17) is 5.73 Å². The van der Waals surface area contributed by atoms with Gasteiger partial charge in [0, 0.05) is 31.2 Å². The van der Waals surface area contributed by atoms with Crippen LogP contribution in [0.5, 0.6) is 0 Å². The van der Waals surface area contributed by atoms with Gasteiger partial charge in [-0.2, -0.15) is 0 Å². The van der Waals surface area contributed by atoms with Gasteiger partial charge in [-0.1, -0.05) is 13.8 Å². The van der Waals surface area contributed by atoms with Crippen molar-refractivity contribution >= 4 is 5.69 Å². The quantitative estimate of drug-likeness (QED) is 0.824. The minimum Gasteiger partial charge on any atom is -0.397 e. The van der Waals surface area contributed by atoms with Gasteiger partial charge in [0.2, 0.25) is 0 Å². The lowest BCUT2D eigenvalue weighted by atomic mass is 10.1. The Balaban J connectivity index is 2.48. The molecule has 3 heteroatoms. The number of hydrogen-bond acceptors (Lipinski definition) is 3. The van der Waals surface area contributed by atoms with Crippen LogP contribution in [0.3, 0.4) is 0 Å². The van der Waals surface area contributed by atoms with Crippen molar-refractivity contribution in [2.75, 3.05) is 18.8 Å². The second-order valence-electron chi connectivity index (χ2n) is 5.32. The van der Waals surface area contributed by atoms with Crippen LogP contribution in [0.4, 0.5) is 5.69 Å². The molecule has 2 N–H and O–H groups in total. The van der Waals surface area contributed by atoms with Gasteiger partial charge in [-0.3, -0.25) is 4.98 Å². The third-order valence-electron chi connectivity index (χ3n) is 2.83. The molecule has 0 saturated heterocycles. The van der Waals surface area contributed by atoms with Crippen LogP contribution in [0.15, 0.2) is 18.3 Å². The van der Waals surface area contributed by atoms with E-state index in [0.717, 1.165) is 30.9 Å². The smallest absolute Gasteiger partial charge is 0.0501 e. The predicted octanol–water partition coefficient (Wildman–Crippen LogP) is 2.57. The van der Waals surface area contributed by atoms with E-state index in [0.29, 0.717) is 12.0 Å². The first-order chi connectivity index (χ1) is 7.99. The highest BCUT2D eigenvalue weighted by atomic mass is 15.1. The molecule has 0 amide bonds. The minimum atomic E-state index is 0.589. The summed E-state index contributed by atoms with van der Waals surface area (Å²) in [6.45, 7) is 11.2. The number of rotatable bonds is 6. The van der Waals surface area contributed by atoms with Crippen LogP contribution < -0.4 is 5.73 Å². The number of aromatic nitrogens is 1. The monoisotopic (exact) mass is 235 g/mol. The van der Waals surface area contributed by atoms with Crippen molar-refractivity contribution in [1.29, 1.82) is 0 Å². The molecule has 17 heavy (non-hydrogen) atoms. The van der Waals surface area contributed by atoms with E-state index in [-0.39, 0.29) is 0 Å². The summed E-state index contributed by atoms with van der Waals surface area (Å²) in [7, 11) is 0. The summed E-state index contributed by atoms with van der Waals surface area (Å²) in [5.74, 6) is 0.705. The molecule has 0 aliphatic heterocycles. The first-order valence-electron chi connectivity index (χ1n) is 6.43. The number of nitrogen functional groups attached to an aromatic ring is 1. The number of nitrogens with two attached hydrogens (primary N) is 1. The van der Waals surface area contributed by atoms with Crippen LogP contribution in [0.25, 0.3) is 0 Å². The normalized spacial score (nSPS) is 11.7. The molecule has 96 valence electrons. The molecule has 3 nitrogen and oxygen atoms in total. The Morgan fingerprint density at radius 2 is 1.94 bits per heavy atom. The number of pyridine rings is 1. The minimum absolute atomic E-state index is 0.589. The van der Waals surface area contributed by atoms with Crippen molar-refractivity contribution in [3.63, 3.8) is 0 Å². The molecule has 0 unspecified atom stereocenters. The average Bonchev–Trinajstić information content (AvgIpc) is 2.25. The number of nitrogens with zero attached hydrogens (tertiary/aromatic N) is 2. The lowest BCUT2D eigenvalue weighted by Crippen LogP contribution is -2.35. The van der Waals surface area contributed by atoms with Gasteiger partial charge in [-0.15, -0.1) is 0 Å². The molecule has 0 spiro atoms. The van der Waals surface area contributed by atoms with Crippen molar-refractivity contribution in [3.8, 4) is 0 Å². The van der Waals surface area contributed by atoms with E-state index in [1.807, 2.05) is 12.1 Å². The zero-order valence-corrected chi connectivity index (χ0v) is 11.5. The van der Waals surface area contributed by atoms with Crippen molar-refractivity contribution < 1.29 is 0 Å². The molecular weight excluding hydrogens is 210 g/mol. The van der Waals surface area contributed by atoms with Crippen LogP contribution in [0.2, 0.25) is 0 Å². The molecule has 1 aromatic heterocycles. The molecule has 1 heterocycles. The van der Waals surface area contributed by atoms with Crippen molar-refractivity contribution in [2.24, 2.45) is 5.92 Å². The highest BCUT2D eigenvalue weighted by Gasteiger charge is 2.11. The lowest BCUT2D eigenvalue weighted by molar-refractivity contribution is 0.199. The third kappa shape index (κ3) is 5.18. The fourth-order valence-corrected chi connectivity index (χ4v) is 1.87. The van der Waals surface area contributed by atoms with E-state index in [9.17, 15) is 0 Å². The maximum atomic E-state index is 5.62. The van der Waals surface area contributed by atoms with E-state index < -0.39 is 0 Å². The second-order valence-corrected chi connectivity index (χ2v) is 5.32. The van der Waals surface area contributed by atoms with Crippen LogP contribution in [-0.2, 0) is 6.42 Å². The van der Waals surface area contributed by atoms with Crippen LogP contribution in [-0.4, -0.2) is 29.0 Å². The zero-order chi connectivity index (χ0) is 12.8. The van der Waals surface area contributed by atoms with Crippen LogP contribution in [0.1, 0.15) is 33.4 Å². The summed E-state index contributed by atoms with van der Waals surface area (Å²) in [4.78, 5) is 6.84. The molecule has 1 rings (SSSR count). The molecule has 0 fully saturated rings. The SMILES string of the molecule is CC(C)CN(CCc1ccc(N)cn1)C(C)C. The van der Waals surface area contributed by atoms with Crippen LogP contribution in [0, 0.1) is 5.92 Å². The van der Waals surface area contributed by atoms with Gasteiger partial charge in [-0.25, -0.2) is 0 Å². The third-order valence-corrected chi connectivity index (χ3v) is 2.83. The second kappa shape index (κ2) is 6.60. The van der Waals surface area contributed by atoms with Gasteiger partial charge >= 0.3 is 0 Å². The first kappa shape index (κ1) is 14.0. The van der Waals surface area contributed by atoms with Crippen molar-refractivity contribution in [2.45, 2.75) is 40.2 Å². The summed E-state index contributed by atoms with van der Waals surface area (Å²) in [6.07, 6.45) is 2.72. The number of hydrogen-bond donors (Lipinski definition) is 1. The number of anilines is 1. The fraction of sp³-hybridized carbons (Fsp3) is 0.643. The largest absolute Gasteiger partial charge is 0.397 e. The molecule has 1 aromatic rings. The summed E-state index contributed by atoms with van der Waals surface area (Å²) in [5.41, 5.74) is 7.48. The van der Waals surface area contributed by atoms with Gasteiger partial charge in [-0.05, 0) is 31.9 Å². The Hall–Kier alpha value is -1.09. The zero-order valence-electron chi connectivity index (χ0n) is 11.5. The van der Waals surface area contributed by atoms with E-state index in [1.165, 1.54) is 0 Å². The standard InChI is InChI=1S/C14H25N3/c1-11(2)10-17(12(3)4)8-7-14-6-5-13(15)9-16-14/h5-6,9,11-12H,7-8,10,15H2,1-4H3. The lowest BCUT2D eigenvalue weighted by Gasteiger charge is -2.28. The molecule has 0 radical (unpaired) electrons. The van der Waals surface area contributed by atoms with Gasteiger partial charge < -0.3 is 10.6 Å². The highest BCUT2D eigenvalue weighted by Crippen LogP contribution is 2.07. The molecule has 0 aliphatic carbocycles. The highest BCUT2D eigenvalue weighted by molar-refractivity contribution is 5.34. The molecule has 0 aliphatic rings. The topological polar surface area (TPSA) is 42.1 Å².